The van der Waals surface area contributed by atoms with E-state index in [0.29, 0.717) is 0 Å². The van der Waals surface area contributed by atoms with Crippen LogP contribution in [0.5, 0.6) is 11.5 Å². The quantitative estimate of drug-likeness (QED) is 0.594. The molecule has 1 aromatic carbocycles. The molecule has 0 amide bonds. The van der Waals surface area contributed by atoms with Crippen molar-refractivity contribution >= 4 is 0 Å². The average molecular weight is 278 g/mol. The summed E-state index contributed by atoms with van der Waals surface area (Å²) in [5.41, 5.74) is 4.01. The lowest BCUT2D eigenvalue weighted by Gasteiger charge is -2.21. The van der Waals surface area contributed by atoms with Crippen molar-refractivity contribution in [1.82, 2.24) is 5.43 Å². The summed E-state index contributed by atoms with van der Waals surface area (Å²) in [6.45, 7) is 0. The predicted molar refractivity (Wildman–Crippen MR) is 80.8 cm³/mol. The summed E-state index contributed by atoms with van der Waals surface area (Å²) in [7, 11) is 3.37. The first kappa shape index (κ1) is 15.1. The summed E-state index contributed by atoms with van der Waals surface area (Å²) < 4.78 is 10.8. The Labute approximate surface area is 121 Å². The molecule has 0 saturated heterocycles. The van der Waals surface area contributed by atoms with Gasteiger partial charge in [0, 0.05) is 11.6 Å². The Morgan fingerprint density at radius 2 is 2.00 bits per heavy atom. The Morgan fingerprint density at radius 1 is 1.25 bits per heavy atom. The van der Waals surface area contributed by atoms with E-state index in [2.05, 4.69) is 5.43 Å². The number of hydrazine groups is 1. The van der Waals surface area contributed by atoms with Crippen LogP contribution in [0, 0.1) is 5.92 Å². The molecule has 112 valence electrons. The normalized spacial score (nSPS) is 17.1. The van der Waals surface area contributed by atoms with E-state index in [4.69, 9.17) is 15.3 Å². The van der Waals surface area contributed by atoms with Gasteiger partial charge in [-0.05, 0) is 37.0 Å². The van der Waals surface area contributed by atoms with E-state index in [1.54, 1.807) is 14.2 Å². The van der Waals surface area contributed by atoms with Gasteiger partial charge in [-0.2, -0.15) is 0 Å². The molecule has 4 nitrogen and oxygen atoms in total. The van der Waals surface area contributed by atoms with Crippen LogP contribution >= 0.6 is 0 Å². The molecule has 0 heterocycles. The predicted octanol–water partition coefficient (Wildman–Crippen LogP) is 3.18. The first-order valence-electron chi connectivity index (χ1n) is 7.46. The van der Waals surface area contributed by atoms with Gasteiger partial charge in [-0.3, -0.25) is 11.3 Å². The number of hydrogen-bond acceptors (Lipinski definition) is 4. The lowest BCUT2D eigenvalue weighted by atomic mass is 9.94. The Hall–Kier alpha value is -1.26. The fourth-order valence-corrected chi connectivity index (χ4v) is 3.14. The molecular weight excluding hydrogens is 252 g/mol. The largest absolute Gasteiger partial charge is 0.497 e. The highest BCUT2D eigenvalue weighted by Gasteiger charge is 2.20. The molecule has 2 rings (SSSR count). The first-order chi connectivity index (χ1) is 9.78. The second kappa shape index (κ2) is 7.50. The monoisotopic (exact) mass is 278 g/mol. The van der Waals surface area contributed by atoms with Gasteiger partial charge in [0.05, 0.1) is 14.2 Å². The zero-order valence-corrected chi connectivity index (χ0v) is 12.5. The molecule has 1 aliphatic carbocycles. The number of nitrogens with one attached hydrogen (secondary N) is 1. The number of methoxy groups -OCH3 is 2. The summed E-state index contributed by atoms with van der Waals surface area (Å²) in [5, 5.41) is 0. The average Bonchev–Trinajstić information content (AvgIpc) is 3.01. The molecule has 1 atom stereocenters. The molecule has 1 saturated carbocycles. The summed E-state index contributed by atoms with van der Waals surface area (Å²) in [4.78, 5) is 0. The van der Waals surface area contributed by atoms with Gasteiger partial charge in [-0.15, -0.1) is 0 Å². The van der Waals surface area contributed by atoms with Gasteiger partial charge in [0.15, 0.2) is 0 Å². The molecule has 0 aliphatic heterocycles. The maximum Gasteiger partial charge on any atom is 0.123 e. The third kappa shape index (κ3) is 3.64. The minimum absolute atomic E-state index is 0.112. The Kier molecular flexibility index (Phi) is 5.68. The van der Waals surface area contributed by atoms with Crippen LogP contribution in [0.2, 0.25) is 0 Å². The van der Waals surface area contributed by atoms with Crippen molar-refractivity contribution in [1.29, 1.82) is 0 Å². The SMILES string of the molecule is COc1ccc(OC)c(C(CCC2CCCC2)NN)c1. The fourth-order valence-electron chi connectivity index (χ4n) is 3.14. The second-order valence-electron chi connectivity index (χ2n) is 5.55. The van der Waals surface area contributed by atoms with Gasteiger partial charge in [0.25, 0.3) is 0 Å². The van der Waals surface area contributed by atoms with E-state index in [-0.39, 0.29) is 6.04 Å². The number of hydrogen-bond donors (Lipinski definition) is 2. The molecule has 4 heteroatoms. The maximum atomic E-state index is 5.76. The third-order valence-corrected chi connectivity index (χ3v) is 4.35. The van der Waals surface area contributed by atoms with E-state index >= 15 is 0 Å². The van der Waals surface area contributed by atoms with Crippen LogP contribution in [-0.4, -0.2) is 14.2 Å². The van der Waals surface area contributed by atoms with Gasteiger partial charge in [-0.25, -0.2) is 0 Å². The van der Waals surface area contributed by atoms with Crippen molar-refractivity contribution in [2.45, 2.75) is 44.6 Å². The second-order valence-corrected chi connectivity index (χ2v) is 5.55. The third-order valence-electron chi connectivity index (χ3n) is 4.35. The molecular formula is C16H26N2O2. The molecule has 1 aliphatic rings. The number of benzene rings is 1. The molecule has 1 unspecified atom stereocenters. The summed E-state index contributed by atoms with van der Waals surface area (Å²) in [6, 6.07) is 5.97. The summed E-state index contributed by atoms with van der Waals surface area (Å²) >= 11 is 0. The van der Waals surface area contributed by atoms with Gasteiger partial charge in [0.1, 0.15) is 11.5 Å². The Morgan fingerprint density at radius 3 is 2.60 bits per heavy atom. The van der Waals surface area contributed by atoms with Gasteiger partial charge >= 0.3 is 0 Å². The van der Waals surface area contributed by atoms with E-state index in [9.17, 15) is 0 Å². The van der Waals surface area contributed by atoms with Crippen LogP contribution < -0.4 is 20.7 Å². The lowest BCUT2D eigenvalue weighted by Crippen LogP contribution is -2.28. The molecule has 1 aromatic rings. The fraction of sp³-hybridized carbons (Fsp3) is 0.625. The van der Waals surface area contributed by atoms with Crippen LogP contribution in [0.3, 0.4) is 0 Å². The summed E-state index contributed by atoms with van der Waals surface area (Å²) in [5.74, 6) is 8.32. The van der Waals surface area contributed by atoms with Crippen LogP contribution in [-0.2, 0) is 0 Å². The standard InChI is InChI=1S/C16H26N2O2/c1-19-13-8-10-16(20-2)14(11-13)15(18-17)9-7-12-5-3-4-6-12/h8,10-12,15,18H,3-7,9,17H2,1-2H3. The highest BCUT2D eigenvalue weighted by atomic mass is 16.5. The van der Waals surface area contributed by atoms with E-state index in [1.165, 1.54) is 32.1 Å². The summed E-state index contributed by atoms with van der Waals surface area (Å²) in [6.07, 6.45) is 7.75. The van der Waals surface area contributed by atoms with Gasteiger partial charge in [0.2, 0.25) is 0 Å². The van der Waals surface area contributed by atoms with Crippen LogP contribution in [0.15, 0.2) is 18.2 Å². The van der Waals surface area contributed by atoms with Crippen molar-refractivity contribution in [2.75, 3.05) is 14.2 Å². The van der Waals surface area contributed by atoms with Crippen molar-refractivity contribution < 1.29 is 9.47 Å². The highest BCUT2D eigenvalue weighted by Crippen LogP contribution is 2.35. The van der Waals surface area contributed by atoms with Gasteiger partial charge < -0.3 is 9.47 Å². The van der Waals surface area contributed by atoms with E-state index in [0.717, 1.165) is 29.4 Å². The zero-order valence-electron chi connectivity index (χ0n) is 12.5. The molecule has 0 aromatic heterocycles. The molecule has 3 N–H and O–H groups in total. The minimum atomic E-state index is 0.112. The zero-order chi connectivity index (χ0) is 14.4. The first-order valence-corrected chi connectivity index (χ1v) is 7.46. The molecule has 1 fully saturated rings. The molecule has 0 bridgehead atoms. The van der Waals surface area contributed by atoms with E-state index < -0.39 is 0 Å². The van der Waals surface area contributed by atoms with Crippen LogP contribution in [0.1, 0.15) is 50.1 Å². The molecule has 0 radical (unpaired) electrons. The molecule has 0 spiro atoms. The van der Waals surface area contributed by atoms with Crippen molar-refractivity contribution in [3.05, 3.63) is 23.8 Å². The van der Waals surface area contributed by atoms with Gasteiger partial charge in [-0.1, -0.05) is 25.7 Å². The number of ether oxygens (including phenoxy) is 2. The van der Waals surface area contributed by atoms with E-state index in [1.807, 2.05) is 18.2 Å². The maximum absolute atomic E-state index is 5.76. The van der Waals surface area contributed by atoms with Crippen molar-refractivity contribution in [2.24, 2.45) is 11.8 Å². The van der Waals surface area contributed by atoms with Crippen LogP contribution in [0.4, 0.5) is 0 Å². The number of nitrogens with two attached hydrogens (primary N) is 1. The topological polar surface area (TPSA) is 56.5 Å². The highest BCUT2D eigenvalue weighted by molar-refractivity contribution is 5.42. The minimum Gasteiger partial charge on any atom is -0.497 e. The Balaban J connectivity index is 2.08. The van der Waals surface area contributed by atoms with Crippen molar-refractivity contribution in [3.8, 4) is 11.5 Å². The molecule has 20 heavy (non-hydrogen) atoms. The van der Waals surface area contributed by atoms with Crippen LogP contribution in [0.25, 0.3) is 0 Å². The smallest absolute Gasteiger partial charge is 0.123 e. The Bertz CT molecular complexity index is 417. The lowest BCUT2D eigenvalue weighted by molar-refractivity contribution is 0.374. The van der Waals surface area contributed by atoms with Crippen molar-refractivity contribution in [3.63, 3.8) is 0 Å². The number of rotatable bonds is 7.